The van der Waals surface area contributed by atoms with Gasteiger partial charge in [0.2, 0.25) is 0 Å². The van der Waals surface area contributed by atoms with E-state index in [1.165, 1.54) is 6.26 Å². The molecule has 0 N–H and O–H groups in total. The maximum atomic E-state index is 10.5. The Morgan fingerprint density at radius 3 is 2.30 bits per heavy atom. The molecule has 4 heteroatoms. The summed E-state index contributed by atoms with van der Waals surface area (Å²) < 4.78 is 21.1. The molecule has 0 amide bonds. The molecule has 0 aromatic carbocycles. The van der Waals surface area contributed by atoms with Crippen LogP contribution in [0, 0.1) is 0 Å². The molecule has 0 aliphatic carbocycles. The average Bonchev–Trinajstić information content (AvgIpc) is 1.59. The standard InChI is InChI=1S/C6H12O2S2/c1-6(2)4-5-9-10(3,7)8/h4H,5H2,1-3H3. The van der Waals surface area contributed by atoms with Crippen LogP contribution in [0.4, 0.5) is 0 Å². The summed E-state index contributed by atoms with van der Waals surface area (Å²) in [5.41, 5.74) is 1.15. The first kappa shape index (κ1) is 10.0. The lowest BCUT2D eigenvalue weighted by molar-refractivity contribution is 0.615. The molecule has 0 unspecified atom stereocenters. The van der Waals surface area contributed by atoms with Crippen molar-refractivity contribution < 1.29 is 8.42 Å². The van der Waals surface area contributed by atoms with Gasteiger partial charge in [-0.25, -0.2) is 8.42 Å². The molecule has 0 aromatic rings. The summed E-state index contributed by atoms with van der Waals surface area (Å²) in [5, 5.41) is 0. The average molecular weight is 180 g/mol. The van der Waals surface area contributed by atoms with Gasteiger partial charge in [0, 0.05) is 12.0 Å². The number of hydrogen-bond donors (Lipinski definition) is 0. The number of hydrogen-bond acceptors (Lipinski definition) is 3. The van der Waals surface area contributed by atoms with Crippen LogP contribution in [-0.2, 0) is 8.87 Å². The highest BCUT2D eigenvalue weighted by atomic mass is 33.1. The zero-order valence-electron chi connectivity index (χ0n) is 6.42. The molecule has 0 rings (SSSR count). The van der Waals surface area contributed by atoms with Crippen LogP contribution in [0.25, 0.3) is 0 Å². The maximum Gasteiger partial charge on any atom is 0.198 e. The summed E-state index contributed by atoms with van der Waals surface area (Å²) in [4.78, 5) is 0. The summed E-state index contributed by atoms with van der Waals surface area (Å²) >= 11 is 0. The Kier molecular flexibility index (Phi) is 4.05. The second-order valence-corrected chi connectivity index (χ2v) is 6.77. The van der Waals surface area contributed by atoms with Crippen molar-refractivity contribution in [3.8, 4) is 0 Å². The Hall–Kier alpha value is 0.0400. The van der Waals surface area contributed by atoms with Crippen molar-refractivity contribution in [2.24, 2.45) is 0 Å². The van der Waals surface area contributed by atoms with E-state index in [2.05, 4.69) is 0 Å². The Morgan fingerprint density at radius 1 is 1.50 bits per heavy atom. The van der Waals surface area contributed by atoms with Gasteiger partial charge in [-0.1, -0.05) is 11.6 Å². The minimum absolute atomic E-state index is 0.557. The van der Waals surface area contributed by atoms with Gasteiger partial charge in [-0.05, 0) is 24.6 Å². The van der Waals surface area contributed by atoms with Gasteiger partial charge in [0.15, 0.2) is 8.87 Å². The molecule has 0 fully saturated rings. The third-order valence-electron chi connectivity index (χ3n) is 0.774. The van der Waals surface area contributed by atoms with Gasteiger partial charge in [-0.2, -0.15) is 0 Å². The van der Waals surface area contributed by atoms with E-state index in [9.17, 15) is 8.42 Å². The van der Waals surface area contributed by atoms with Crippen LogP contribution in [-0.4, -0.2) is 20.4 Å². The van der Waals surface area contributed by atoms with Crippen LogP contribution in [0.5, 0.6) is 0 Å². The van der Waals surface area contributed by atoms with E-state index in [0.717, 1.165) is 16.4 Å². The van der Waals surface area contributed by atoms with Crippen LogP contribution in [0.3, 0.4) is 0 Å². The largest absolute Gasteiger partial charge is 0.218 e. The van der Waals surface area contributed by atoms with Gasteiger partial charge in [0.25, 0.3) is 0 Å². The molecule has 0 aliphatic heterocycles. The van der Waals surface area contributed by atoms with Gasteiger partial charge >= 0.3 is 0 Å². The molecule has 0 bridgehead atoms. The predicted octanol–water partition coefficient (Wildman–Crippen LogP) is 1.65. The van der Waals surface area contributed by atoms with E-state index in [1.807, 2.05) is 19.9 Å². The van der Waals surface area contributed by atoms with E-state index in [1.54, 1.807) is 0 Å². The van der Waals surface area contributed by atoms with Gasteiger partial charge < -0.3 is 0 Å². The van der Waals surface area contributed by atoms with Crippen molar-refractivity contribution in [3.63, 3.8) is 0 Å². The fraction of sp³-hybridized carbons (Fsp3) is 0.667. The Labute approximate surface area is 66.0 Å². The highest BCUT2D eigenvalue weighted by Gasteiger charge is 1.98. The summed E-state index contributed by atoms with van der Waals surface area (Å²) in [7, 11) is -1.89. The molecule has 0 saturated heterocycles. The third-order valence-corrected chi connectivity index (χ3v) is 3.20. The lowest BCUT2D eigenvalue weighted by atomic mass is 10.3. The maximum absolute atomic E-state index is 10.5. The van der Waals surface area contributed by atoms with Crippen molar-refractivity contribution in [1.82, 2.24) is 0 Å². The monoisotopic (exact) mass is 180 g/mol. The van der Waals surface area contributed by atoms with E-state index in [4.69, 9.17) is 0 Å². The van der Waals surface area contributed by atoms with Crippen molar-refractivity contribution in [2.75, 3.05) is 12.0 Å². The molecule has 0 heterocycles. The number of rotatable bonds is 3. The summed E-state index contributed by atoms with van der Waals surface area (Å²) in [6.07, 6.45) is 3.11. The minimum atomic E-state index is -2.85. The van der Waals surface area contributed by atoms with Crippen molar-refractivity contribution in [1.29, 1.82) is 0 Å². The van der Waals surface area contributed by atoms with Crippen LogP contribution in [0.1, 0.15) is 13.8 Å². The highest BCUT2D eigenvalue weighted by molar-refractivity contribution is 8.71. The first-order valence-electron chi connectivity index (χ1n) is 2.89. The van der Waals surface area contributed by atoms with E-state index >= 15 is 0 Å². The van der Waals surface area contributed by atoms with Gasteiger partial charge in [0.05, 0.1) is 0 Å². The molecule has 0 spiro atoms. The molecule has 0 atom stereocenters. The molecule has 0 aliphatic rings. The van der Waals surface area contributed by atoms with Gasteiger partial charge in [-0.3, -0.25) is 0 Å². The smallest absolute Gasteiger partial charge is 0.198 e. The summed E-state index contributed by atoms with van der Waals surface area (Å²) in [5.74, 6) is 0.557. The molecule has 0 saturated carbocycles. The molecule has 60 valence electrons. The minimum Gasteiger partial charge on any atom is -0.218 e. The Bertz CT molecular complexity index is 210. The SMILES string of the molecule is CC(C)=CCSS(C)(=O)=O. The predicted molar refractivity (Wildman–Crippen MR) is 46.7 cm³/mol. The fourth-order valence-electron chi connectivity index (χ4n) is 0.324. The lowest BCUT2D eigenvalue weighted by Crippen LogP contribution is -1.88. The van der Waals surface area contributed by atoms with Crippen molar-refractivity contribution in [2.45, 2.75) is 13.8 Å². The first-order valence-corrected chi connectivity index (χ1v) is 6.29. The molecule has 2 nitrogen and oxygen atoms in total. The zero-order valence-corrected chi connectivity index (χ0v) is 8.05. The third kappa shape index (κ3) is 8.04. The molecule has 10 heavy (non-hydrogen) atoms. The van der Waals surface area contributed by atoms with Gasteiger partial charge in [0.1, 0.15) is 0 Å². The van der Waals surface area contributed by atoms with E-state index in [-0.39, 0.29) is 0 Å². The lowest BCUT2D eigenvalue weighted by Gasteiger charge is -1.92. The highest BCUT2D eigenvalue weighted by Crippen LogP contribution is 2.09. The molecule has 0 radical (unpaired) electrons. The van der Waals surface area contributed by atoms with E-state index < -0.39 is 8.87 Å². The molecular formula is C6H12O2S2. The zero-order chi connectivity index (χ0) is 8.20. The van der Waals surface area contributed by atoms with Crippen LogP contribution >= 0.6 is 10.8 Å². The fourth-order valence-corrected chi connectivity index (χ4v) is 1.92. The van der Waals surface area contributed by atoms with Crippen LogP contribution in [0.15, 0.2) is 11.6 Å². The quantitative estimate of drug-likeness (QED) is 0.489. The summed E-state index contributed by atoms with van der Waals surface area (Å²) in [6, 6.07) is 0. The van der Waals surface area contributed by atoms with Crippen molar-refractivity contribution >= 4 is 19.7 Å². The van der Waals surface area contributed by atoms with Crippen LogP contribution in [0.2, 0.25) is 0 Å². The van der Waals surface area contributed by atoms with Gasteiger partial charge in [-0.15, -0.1) is 0 Å². The topological polar surface area (TPSA) is 34.1 Å². The van der Waals surface area contributed by atoms with Crippen molar-refractivity contribution in [3.05, 3.63) is 11.6 Å². The number of allylic oxidation sites excluding steroid dienone is 1. The summed E-state index contributed by atoms with van der Waals surface area (Å²) in [6.45, 7) is 3.89. The van der Waals surface area contributed by atoms with Crippen LogP contribution < -0.4 is 0 Å². The second kappa shape index (κ2) is 4.03. The normalized spacial score (nSPS) is 11.1. The molecule has 0 aromatic heterocycles. The molecular weight excluding hydrogens is 168 g/mol. The Balaban J connectivity index is 3.69. The van der Waals surface area contributed by atoms with E-state index in [0.29, 0.717) is 5.75 Å². The first-order chi connectivity index (χ1) is 4.42. The Morgan fingerprint density at radius 2 is 2.00 bits per heavy atom. The second-order valence-electron chi connectivity index (χ2n) is 2.27.